The minimum atomic E-state index is 0.645. The number of guanidine groups is 1. The average molecular weight is 209 g/mol. The van der Waals surface area contributed by atoms with E-state index in [-0.39, 0.29) is 0 Å². The SMILES string of the molecule is CN=C(NC1CCC(C)CC1)NC1CC1. The fourth-order valence-corrected chi connectivity index (χ4v) is 2.19. The topological polar surface area (TPSA) is 36.4 Å². The Morgan fingerprint density at radius 2 is 1.40 bits per heavy atom. The van der Waals surface area contributed by atoms with Gasteiger partial charge in [0, 0.05) is 19.1 Å². The molecule has 2 rings (SSSR count). The number of hydrogen-bond donors (Lipinski definition) is 2. The van der Waals surface area contributed by atoms with Crippen LogP contribution in [0, 0.1) is 5.92 Å². The first kappa shape index (κ1) is 10.8. The van der Waals surface area contributed by atoms with Gasteiger partial charge in [0.05, 0.1) is 0 Å². The fourth-order valence-electron chi connectivity index (χ4n) is 2.19. The Bertz CT molecular complexity index is 225. The second-order valence-corrected chi connectivity index (χ2v) is 5.09. The Morgan fingerprint density at radius 3 is 1.80 bits per heavy atom. The molecule has 0 amide bonds. The van der Waals surface area contributed by atoms with Gasteiger partial charge in [0.2, 0.25) is 0 Å². The minimum Gasteiger partial charge on any atom is -0.354 e. The summed E-state index contributed by atoms with van der Waals surface area (Å²) < 4.78 is 0. The zero-order valence-corrected chi connectivity index (χ0v) is 9.92. The van der Waals surface area contributed by atoms with E-state index in [0.717, 1.165) is 11.9 Å². The van der Waals surface area contributed by atoms with E-state index in [1.54, 1.807) is 0 Å². The molecule has 0 aliphatic heterocycles. The zero-order chi connectivity index (χ0) is 10.7. The molecule has 0 atom stereocenters. The number of aliphatic imine (C=N–C) groups is 1. The van der Waals surface area contributed by atoms with Gasteiger partial charge in [-0.1, -0.05) is 6.92 Å². The Morgan fingerprint density at radius 1 is 0.933 bits per heavy atom. The van der Waals surface area contributed by atoms with E-state index in [1.165, 1.54) is 38.5 Å². The molecule has 3 heteroatoms. The quantitative estimate of drug-likeness (QED) is 0.538. The molecule has 0 aromatic heterocycles. The van der Waals surface area contributed by atoms with Crippen molar-refractivity contribution in [3.05, 3.63) is 0 Å². The molecule has 0 radical (unpaired) electrons. The van der Waals surface area contributed by atoms with Gasteiger partial charge >= 0.3 is 0 Å². The third kappa shape index (κ3) is 3.40. The zero-order valence-electron chi connectivity index (χ0n) is 9.92. The van der Waals surface area contributed by atoms with E-state index in [2.05, 4.69) is 22.5 Å². The molecular formula is C12H23N3. The molecule has 2 N–H and O–H groups in total. The molecule has 0 unspecified atom stereocenters. The van der Waals surface area contributed by atoms with Crippen LogP contribution in [0.15, 0.2) is 4.99 Å². The van der Waals surface area contributed by atoms with Crippen LogP contribution in [0.1, 0.15) is 45.4 Å². The molecule has 0 heterocycles. The molecule has 3 nitrogen and oxygen atoms in total. The maximum atomic E-state index is 4.28. The van der Waals surface area contributed by atoms with E-state index >= 15 is 0 Å². The molecule has 0 aromatic carbocycles. The largest absolute Gasteiger partial charge is 0.354 e. The van der Waals surface area contributed by atoms with Crippen LogP contribution in [0.25, 0.3) is 0 Å². The second-order valence-electron chi connectivity index (χ2n) is 5.09. The Labute approximate surface area is 92.7 Å². The third-order valence-electron chi connectivity index (χ3n) is 3.50. The van der Waals surface area contributed by atoms with Crippen LogP contribution in [0.3, 0.4) is 0 Å². The summed E-state index contributed by atoms with van der Waals surface area (Å²) in [5.74, 6) is 1.93. The molecule has 2 fully saturated rings. The summed E-state index contributed by atoms with van der Waals surface area (Å²) in [5, 5.41) is 6.97. The van der Waals surface area contributed by atoms with Gasteiger partial charge in [-0.2, -0.15) is 0 Å². The summed E-state index contributed by atoms with van der Waals surface area (Å²) in [6.45, 7) is 2.35. The standard InChI is InChI=1S/C12H23N3/c1-9-3-5-10(6-4-9)14-12(13-2)15-11-7-8-11/h9-11H,3-8H2,1-2H3,(H2,13,14,15). The molecule has 2 saturated carbocycles. The van der Waals surface area contributed by atoms with E-state index in [4.69, 9.17) is 0 Å². The van der Waals surface area contributed by atoms with Gasteiger partial charge in [-0.3, -0.25) is 4.99 Å². The molecule has 0 aromatic rings. The highest BCUT2D eigenvalue weighted by Crippen LogP contribution is 2.23. The maximum absolute atomic E-state index is 4.28. The Balaban J connectivity index is 1.74. The number of nitrogens with zero attached hydrogens (tertiary/aromatic N) is 1. The van der Waals surface area contributed by atoms with Crippen molar-refractivity contribution >= 4 is 5.96 Å². The van der Waals surface area contributed by atoms with Crippen LogP contribution in [0.5, 0.6) is 0 Å². The van der Waals surface area contributed by atoms with Crippen LogP contribution in [0.2, 0.25) is 0 Å². The predicted octanol–water partition coefficient (Wildman–Crippen LogP) is 1.89. The van der Waals surface area contributed by atoms with Crippen LogP contribution < -0.4 is 10.6 Å². The van der Waals surface area contributed by atoms with Crippen molar-refractivity contribution in [2.24, 2.45) is 10.9 Å². The van der Waals surface area contributed by atoms with Gasteiger partial charge in [0.1, 0.15) is 0 Å². The van der Waals surface area contributed by atoms with Crippen LogP contribution in [-0.2, 0) is 0 Å². The van der Waals surface area contributed by atoms with Crippen molar-refractivity contribution in [1.29, 1.82) is 0 Å². The van der Waals surface area contributed by atoms with Crippen LogP contribution in [0.4, 0.5) is 0 Å². The smallest absolute Gasteiger partial charge is 0.191 e. The molecular weight excluding hydrogens is 186 g/mol. The fraction of sp³-hybridized carbons (Fsp3) is 0.917. The average Bonchev–Trinajstić information content (AvgIpc) is 3.04. The Hall–Kier alpha value is -0.730. The molecule has 0 bridgehead atoms. The summed E-state index contributed by atoms with van der Waals surface area (Å²) in [7, 11) is 1.86. The first-order valence-corrected chi connectivity index (χ1v) is 6.28. The first-order chi connectivity index (χ1) is 7.28. The molecule has 0 spiro atoms. The minimum absolute atomic E-state index is 0.645. The van der Waals surface area contributed by atoms with Gasteiger partial charge in [0.15, 0.2) is 5.96 Å². The second kappa shape index (κ2) is 4.86. The lowest BCUT2D eigenvalue weighted by Crippen LogP contribution is -2.45. The van der Waals surface area contributed by atoms with Crippen molar-refractivity contribution in [1.82, 2.24) is 10.6 Å². The first-order valence-electron chi connectivity index (χ1n) is 6.28. The lowest BCUT2D eigenvalue weighted by Gasteiger charge is -2.28. The van der Waals surface area contributed by atoms with Crippen molar-refractivity contribution in [2.75, 3.05) is 7.05 Å². The van der Waals surface area contributed by atoms with Crippen molar-refractivity contribution in [3.63, 3.8) is 0 Å². The lowest BCUT2D eigenvalue weighted by atomic mass is 9.87. The van der Waals surface area contributed by atoms with Gasteiger partial charge < -0.3 is 10.6 Å². The summed E-state index contributed by atoms with van der Waals surface area (Å²) in [6, 6.07) is 1.34. The highest BCUT2D eigenvalue weighted by molar-refractivity contribution is 5.80. The molecule has 0 saturated heterocycles. The van der Waals surface area contributed by atoms with Gasteiger partial charge in [-0.25, -0.2) is 0 Å². The highest BCUT2D eigenvalue weighted by atomic mass is 15.2. The molecule has 2 aliphatic carbocycles. The van der Waals surface area contributed by atoms with Crippen molar-refractivity contribution in [2.45, 2.75) is 57.5 Å². The van der Waals surface area contributed by atoms with Gasteiger partial charge in [-0.05, 0) is 44.4 Å². The summed E-state index contributed by atoms with van der Waals surface area (Å²) in [4.78, 5) is 4.28. The van der Waals surface area contributed by atoms with E-state index in [9.17, 15) is 0 Å². The summed E-state index contributed by atoms with van der Waals surface area (Å²) in [6.07, 6.45) is 7.93. The number of nitrogens with one attached hydrogen (secondary N) is 2. The number of hydrogen-bond acceptors (Lipinski definition) is 1. The lowest BCUT2D eigenvalue weighted by molar-refractivity contribution is 0.329. The van der Waals surface area contributed by atoms with Crippen molar-refractivity contribution in [3.8, 4) is 0 Å². The van der Waals surface area contributed by atoms with Gasteiger partial charge in [0.25, 0.3) is 0 Å². The van der Waals surface area contributed by atoms with Crippen LogP contribution >= 0.6 is 0 Å². The molecule has 86 valence electrons. The molecule has 15 heavy (non-hydrogen) atoms. The Kier molecular flexibility index (Phi) is 3.49. The maximum Gasteiger partial charge on any atom is 0.191 e. The van der Waals surface area contributed by atoms with E-state index in [0.29, 0.717) is 12.1 Å². The summed E-state index contributed by atoms with van der Waals surface area (Å²) >= 11 is 0. The highest BCUT2D eigenvalue weighted by Gasteiger charge is 2.24. The molecule has 2 aliphatic rings. The monoisotopic (exact) mass is 209 g/mol. The number of rotatable bonds is 2. The third-order valence-corrected chi connectivity index (χ3v) is 3.50. The van der Waals surface area contributed by atoms with E-state index < -0.39 is 0 Å². The normalized spacial score (nSPS) is 32.5. The van der Waals surface area contributed by atoms with Crippen molar-refractivity contribution < 1.29 is 0 Å². The summed E-state index contributed by atoms with van der Waals surface area (Å²) in [5.41, 5.74) is 0. The van der Waals surface area contributed by atoms with Gasteiger partial charge in [-0.15, -0.1) is 0 Å². The predicted molar refractivity (Wildman–Crippen MR) is 64.1 cm³/mol. The van der Waals surface area contributed by atoms with Crippen LogP contribution in [-0.4, -0.2) is 25.1 Å². The van der Waals surface area contributed by atoms with E-state index in [1.807, 2.05) is 7.05 Å².